The van der Waals surface area contributed by atoms with Gasteiger partial charge in [0.1, 0.15) is 6.61 Å². The van der Waals surface area contributed by atoms with Crippen molar-refractivity contribution in [2.75, 3.05) is 23.9 Å². The summed E-state index contributed by atoms with van der Waals surface area (Å²) in [7, 11) is 1.47. The van der Waals surface area contributed by atoms with Crippen LogP contribution >= 0.6 is 23.8 Å². The van der Waals surface area contributed by atoms with Gasteiger partial charge < -0.3 is 24.8 Å². The van der Waals surface area contributed by atoms with Gasteiger partial charge in [-0.3, -0.25) is 9.78 Å². The van der Waals surface area contributed by atoms with Gasteiger partial charge >= 0.3 is 0 Å². The first kappa shape index (κ1) is 25.2. The zero-order chi connectivity index (χ0) is 25.3. The largest absolute Gasteiger partial charge is 0.375 e. The van der Waals surface area contributed by atoms with E-state index in [1.165, 1.54) is 24.1 Å². The standard InChI is InChI=1S/C26H30ClN5O2S/c1-15(2)31-16(3)12-19(17(31)4)25-24(22-8-6-7-11-28-22)30-26(35)32(25)18-9-10-21(20(27)13-18)29-23(33)14-34-5/h6-13,15,24-25H,14H2,1-5H3,(H,29,33)(H,30,35)/t24-,25-/m1/s1. The van der Waals surface area contributed by atoms with Gasteiger partial charge in [0.05, 0.1) is 28.5 Å². The summed E-state index contributed by atoms with van der Waals surface area (Å²) in [5.74, 6) is -0.269. The number of nitrogens with zero attached hydrogens (tertiary/aromatic N) is 3. The van der Waals surface area contributed by atoms with Gasteiger partial charge in [0.2, 0.25) is 5.91 Å². The second-order valence-electron chi connectivity index (χ2n) is 8.93. The number of halogens is 1. The molecule has 3 aromatic rings. The number of thiocarbonyl (C=S) groups is 1. The molecule has 9 heteroatoms. The number of methoxy groups -OCH3 is 1. The van der Waals surface area contributed by atoms with Crippen LogP contribution in [0.1, 0.15) is 54.6 Å². The van der Waals surface area contributed by atoms with Crippen LogP contribution in [0.25, 0.3) is 0 Å². The summed E-state index contributed by atoms with van der Waals surface area (Å²) >= 11 is 12.4. The van der Waals surface area contributed by atoms with Crippen molar-refractivity contribution in [1.82, 2.24) is 14.9 Å². The van der Waals surface area contributed by atoms with Gasteiger partial charge in [-0.1, -0.05) is 17.7 Å². The molecule has 0 spiro atoms. The number of ether oxygens (including phenoxy) is 1. The highest BCUT2D eigenvalue weighted by atomic mass is 35.5. The zero-order valence-corrected chi connectivity index (χ0v) is 22.1. The second kappa shape index (κ2) is 10.4. The Hall–Kier alpha value is -2.94. The molecule has 7 nitrogen and oxygen atoms in total. The van der Waals surface area contributed by atoms with E-state index < -0.39 is 0 Å². The van der Waals surface area contributed by atoms with E-state index >= 15 is 0 Å². The van der Waals surface area contributed by atoms with Crippen molar-refractivity contribution >= 4 is 46.2 Å². The molecule has 2 aromatic heterocycles. The van der Waals surface area contributed by atoms with Crippen LogP contribution in [0.4, 0.5) is 11.4 Å². The smallest absolute Gasteiger partial charge is 0.250 e. The summed E-state index contributed by atoms with van der Waals surface area (Å²) in [5.41, 5.74) is 5.81. The fraction of sp³-hybridized carbons (Fsp3) is 0.346. The maximum absolute atomic E-state index is 12.0. The fourth-order valence-electron chi connectivity index (χ4n) is 4.92. The average Bonchev–Trinajstić information content (AvgIpc) is 3.31. The summed E-state index contributed by atoms with van der Waals surface area (Å²) in [6.45, 7) is 8.61. The minimum Gasteiger partial charge on any atom is -0.375 e. The van der Waals surface area contributed by atoms with Crippen LogP contribution in [0.3, 0.4) is 0 Å². The molecule has 1 aliphatic rings. The Morgan fingerprint density at radius 1 is 1.26 bits per heavy atom. The molecule has 35 heavy (non-hydrogen) atoms. The third kappa shape index (κ3) is 4.91. The van der Waals surface area contributed by atoms with E-state index in [2.05, 4.69) is 58.8 Å². The molecule has 1 aliphatic heterocycles. The topological polar surface area (TPSA) is 71.4 Å². The van der Waals surface area contributed by atoms with E-state index in [0.717, 1.165) is 11.4 Å². The molecule has 1 aromatic carbocycles. The number of rotatable bonds is 7. The van der Waals surface area contributed by atoms with E-state index in [4.69, 9.17) is 28.6 Å². The van der Waals surface area contributed by atoms with Gasteiger partial charge in [-0.25, -0.2) is 0 Å². The Labute approximate surface area is 216 Å². The maximum atomic E-state index is 12.0. The Morgan fingerprint density at radius 3 is 2.63 bits per heavy atom. The monoisotopic (exact) mass is 511 g/mol. The quantitative estimate of drug-likeness (QED) is 0.408. The molecule has 4 rings (SSSR count). The van der Waals surface area contributed by atoms with E-state index in [-0.39, 0.29) is 24.6 Å². The summed E-state index contributed by atoms with van der Waals surface area (Å²) in [6.07, 6.45) is 1.80. The van der Waals surface area contributed by atoms with Crippen molar-refractivity contribution in [3.63, 3.8) is 0 Å². The number of pyridine rings is 1. The van der Waals surface area contributed by atoms with Crippen LogP contribution in [0.2, 0.25) is 5.02 Å². The van der Waals surface area contributed by atoms with Gasteiger partial charge in [0.25, 0.3) is 0 Å². The van der Waals surface area contributed by atoms with Gasteiger partial charge in [-0.05, 0) is 81.9 Å². The number of benzene rings is 1. The Bertz CT molecular complexity index is 1240. The molecule has 0 saturated carbocycles. The lowest BCUT2D eigenvalue weighted by atomic mass is 9.96. The molecule has 0 aliphatic carbocycles. The molecule has 0 radical (unpaired) electrons. The van der Waals surface area contributed by atoms with E-state index in [1.807, 2.05) is 30.3 Å². The third-order valence-electron chi connectivity index (χ3n) is 6.24. The molecular formula is C26H30ClN5O2S. The van der Waals surface area contributed by atoms with Crippen LogP contribution in [0, 0.1) is 13.8 Å². The Balaban J connectivity index is 1.80. The predicted octanol–water partition coefficient (Wildman–Crippen LogP) is 5.50. The number of aryl methyl sites for hydroxylation is 1. The van der Waals surface area contributed by atoms with Gasteiger partial charge in [0.15, 0.2) is 5.11 Å². The first-order valence-electron chi connectivity index (χ1n) is 11.5. The number of hydrogen-bond acceptors (Lipinski definition) is 4. The molecule has 0 unspecified atom stereocenters. The molecule has 1 amide bonds. The molecule has 1 saturated heterocycles. The number of carbonyl (C=O) groups excluding carboxylic acids is 1. The van der Waals surface area contributed by atoms with Crippen molar-refractivity contribution in [3.8, 4) is 0 Å². The van der Waals surface area contributed by atoms with Gasteiger partial charge in [0, 0.05) is 36.4 Å². The molecule has 1 fully saturated rings. The van der Waals surface area contributed by atoms with Crippen molar-refractivity contribution in [3.05, 3.63) is 76.3 Å². The second-order valence-corrected chi connectivity index (χ2v) is 9.73. The van der Waals surface area contributed by atoms with E-state index in [9.17, 15) is 4.79 Å². The van der Waals surface area contributed by atoms with Crippen molar-refractivity contribution < 1.29 is 9.53 Å². The normalized spacial score (nSPS) is 17.7. The molecule has 184 valence electrons. The lowest BCUT2D eigenvalue weighted by Gasteiger charge is -2.29. The number of amides is 1. The SMILES string of the molecule is COCC(=O)Nc1ccc(N2C(=S)N[C@H](c3ccccn3)[C@H]2c2cc(C)n(C(C)C)c2C)cc1Cl. The van der Waals surface area contributed by atoms with Crippen LogP contribution in [-0.4, -0.2) is 34.3 Å². The highest BCUT2D eigenvalue weighted by molar-refractivity contribution is 7.80. The van der Waals surface area contributed by atoms with Crippen molar-refractivity contribution in [1.29, 1.82) is 0 Å². The molecular weight excluding hydrogens is 482 g/mol. The summed E-state index contributed by atoms with van der Waals surface area (Å²) in [6, 6.07) is 13.7. The Morgan fingerprint density at radius 2 is 2.03 bits per heavy atom. The van der Waals surface area contributed by atoms with Crippen molar-refractivity contribution in [2.45, 2.75) is 45.8 Å². The van der Waals surface area contributed by atoms with Gasteiger partial charge in [-0.2, -0.15) is 0 Å². The molecule has 3 heterocycles. The number of carbonyl (C=O) groups is 1. The zero-order valence-electron chi connectivity index (χ0n) is 20.5. The minimum atomic E-state index is -0.269. The van der Waals surface area contributed by atoms with Crippen LogP contribution in [-0.2, 0) is 9.53 Å². The lowest BCUT2D eigenvalue weighted by Crippen LogP contribution is -2.29. The fourth-order valence-corrected chi connectivity index (χ4v) is 5.49. The number of hydrogen-bond donors (Lipinski definition) is 2. The highest BCUT2D eigenvalue weighted by Crippen LogP contribution is 2.44. The minimum absolute atomic E-state index is 0.0441. The van der Waals surface area contributed by atoms with Crippen molar-refractivity contribution in [2.24, 2.45) is 0 Å². The molecule has 0 bridgehead atoms. The maximum Gasteiger partial charge on any atom is 0.250 e. The highest BCUT2D eigenvalue weighted by Gasteiger charge is 2.42. The van der Waals surface area contributed by atoms with E-state index in [1.54, 1.807) is 12.3 Å². The summed E-state index contributed by atoms with van der Waals surface area (Å²) < 4.78 is 7.23. The van der Waals surface area contributed by atoms with Crippen LogP contribution in [0.5, 0.6) is 0 Å². The molecule has 2 N–H and O–H groups in total. The van der Waals surface area contributed by atoms with E-state index in [0.29, 0.717) is 21.9 Å². The van der Waals surface area contributed by atoms with Crippen LogP contribution < -0.4 is 15.5 Å². The number of nitrogens with one attached hydrogen (secondary N) is 2. The summed E-state index contributed by atoms with van der Waals surface area (Å²) in [5, 5.41) is 7.27. The van der Waals surface area contributed by atoms with Crippen LogP contribution in [0.15, 0.2) is 48.7 Å². The van der Waals surface area contributed by atoms with Gasteiger partial charge in [-0.15, -0.1) is 0 Å². The average molecular weight is 512 g/mol. The Kier molecular flexibility index (Phi) is 7.44. The first-order valence-corrected chi connectivity index (χ1v) is 12.3. The number of aromatic nitrogens is 2. The number of anilines is 2. The molecule has 2 atom stereocenters. The lowest BCUT2D eigenvalue weighted by molar-refractivity contribution is -0.119. The predicted molar refractivity (Wildman–Crippen MR) is 144 cm³/mol. The summed E-state index contributed by atoms with van der Waals surface area (Å²) in [4.78, 5) is 18.7. The first-order chi connectivity index (χ1) is 16.7. The third-order valence-corrected chi connectivity index (χ3v) is 6.86.